The number of amides is 2. The normalized spacial score (nSPS) is 20.4. The van der Waals surface area contributed by atoms with Crippen LogP contribution < -0.4 is 5.01 Å². The lowest BCUT2D eigenvalue weighted by Gasteiger charge is -2.22. The largest absolute Gasteiger partial charge is 0.280 e. The first-order valence-electron chi connectivity index (χ1n) is 9.66. The first-order valence-corrected chi connectivity index (χ1v) is 10.5. The lowest BCUT2D eigenvalue weighted by Crippen LogP contribution is -2.39. The van der Waals surface area contributed by atoms with E-state index in [-0.39, 0.29) is 24.2 Å². The van der Waals surface area contributed by atoms with E-state index in [1.54, 1.807) is 23.7 Å². The minimum atomic E-state index is -0.843. The molecule has 0 N–H and O–H groups in total. The molecular formula is C22H16F2N4O2S. The molecule has 5 rings (SSSR count). The molecule has 0 saturated carbocycles. The maximum atomic E-state index is 13.4. The average Bonchev–Trinajstić information content (AvgIpc) is 3.47. The van der Waals surface area contributed by atoms with Crippen molar-refractivity contribution in [2.45, 2.75) is 12.5 Å². The molecule has 1 aromatic heterocycles. The fourth-order valence-electron chi connectivity index (χ4n) is 3.92. The summed E-state index contributed by atoms with van der Waals surface area (Å²) in [6.45, 7) is 0.179. The standard InChI is InChI=1S/C22H16F2N4O2S/c23-14-3-1-13(2-4-14)9-11-27-21(29)17-18(20-25-10-12-31-20)26-28(19(17)22(27)30)16-7-5-15(24)6-8-16/h1-8,10,12,17,19H,9,11H2. The van der Waals surface area contributed by atoms with Gasteiger partial charge in [-0.05, 0) is 48.4 Å². The predicted octanol–water partition coefficient (Wildman–Crippen LogP) is 3.24. The fourth-order valence-corrected chi connectivity index (χ4v) is 4.58. The second-order valence-electron chi connectivity index (χ2n) is 7.27. The molecule has 1 saturated heterocycles. The number of imide groups is 1. The third-order valence-corrected chi connectivity index (χ3v) is 6.22. The van der Waals surface area contributed by atoms with Gasteiger partial charge in [0, 0.05) is 18.1 Å². The summed E-state index contributed by atoms with van der Waals surface area (Å²) in [5, 5.41) is 8.38. The summed E-state index contributed by atoms with van der Waals surface area (Å²) >= 11 is 1.34. The lowest BCUT2D eigenvalue weighted by atomic mass is 9.98. The quantitative estimate of drug-likeness (QED) is 0.574. The Hall–Kier alpha value is -3.46. The molecule has 2 aromatic carbocycles. The molecule has 2 amide bonds. The SMILES string of the molecule is O=C1C2C(c3nccs3)=NN(c3ccc(F)cc3)C2C(=O)N1CCc1ccc(F)cc1. The number of hydrazone groups is 1. The van der Waals surface area contributed by atoms with Crippen LogP contribution in [0.1, 0.15) is 10.6 Å². The van der Waals surface area contributed by atoms with Crippen LogP contribution in [0.15, 0.2) is 65.2 Å². The molecule has 0 radical (unpaired) electrons. The van der Waals surface area contributed by atoms with Crippen molar-refractivity contribution in [2.75, 3.05) is 11.6 Å². The fraction of sp³-hybridized carbons (Fsp3) is 0.182. The van der Waals surface area contributed by atoms with E-state index in [1.807, 2.05) is 0 Å². The summed E-state index contributed by atoms with van der Waals surface area (Å²) in [5.74, 6) is -2.23. The highest BCUT2D eigenvalue weighted by Crippen LogP contribution is 2.37. The number of hydrogen-bond acceptors (Lipinski definition) is 6. The van der Waals surface area contributed by atoms with Crippen LogP contribution in [0.2, 0.25) is 0 Å². The van der Waals surface area contributed by atoms with Gasteiger partial charge in [0.05, 0.1) is 5.69 Å². The molecular weight excluding hydrogens is 422 g/mol. The van der Waals surface area contributed by atoms with Gasteiger partial charge in [-0.25, -0.2) is 13.8 Å². The van der Waals surface area contributed by atoms with Crippen LogP contribution in [0.25, 0.3) is 0 Å². The number of carbonyl (C=O) groups is 2. The first-order chi connectivity index (χ1) is 15.0. The van der Waals surface area contributed by atoms with Crippen LogP contribution in [0.3, 0.4) is 0 Å². The Morgan fingerprint density at radius 3 is 2.26 bits per heavy atom. The van der Waals surface area contributed by atoms with E-state index in [1.165, 1.54) is 57.6 Å². The van der Waals surface area contributed by atoms with Crippen molar-refractivity contribution < 1.29 is 18.4 Å². The number of nitrogens with zero attached hydrogens (tertiary/aromatic N) is 4. The van der Waals surface area contributed by atoms with Gasteiger partial charge in [-0.2, -0.15) is 5.10 Å². The number of likely N-dealkylation sites (tertiary alicyclic amines) is 1. The summed E-state index contributed by atoms with van der Waals surface area (Å²) in [4.78, 5) is 32.0. The maximum absolute atomic E-state index is 13.4. The zero-order chi connectivity index (χ0) is 21.5. The molecule has 1 fully saturated rings. The summed E-state index contributed by atoms with van der Waals surface area (Å²) in [7, 11) is 0. The molecule has 9 heteroatoms. The van der Waals surface area contributed by atoms with Gasteiger partial charge in [0.2, 0.25) is 5.91 Å². The van der Waals surface area contributed by atoms with Gasteiger partial charge in [-0.15, -0.1) is 11.3 Å². The van der Waals surface area contributed by atoms with Gasteiger partial charge in [-0.3, -0.25) is 19.5 Å². The van der Waals surface area contributed by atoms with E-state index in [4.69, 9.17) is 0 Å². The summed E-state index contributed by atoms with van der Waals surface area (Å²) < 4.78 is 26.6. The molecule has 156 valence electrons. The van der Waals surface area contributed by atoms with Crippen LogP contribution in [0.4, 0.5) is 14.5 Å². The second-order valence-corrected chi connectivity index (χ2v) is 8.17. The van der Waals surface area contributed by atoms with E-state index in [0.717, 1.165) is 5.56 Å². The van der Waals surface area contributed by atoms with E-state index < -0.39 is 17.8 Å². The molecule has 3 aromatic rings. The summed E-state index contributed by atoms with van der Waals surface area (Å²) in [5.41, 5.74) is 1.78. The molecule has 2 atom stereocenters. The van der Waals surface area contributed by atoms with Gasteiger partial charge >= 0.3 is 0 Å². The number of rotatable bonds is 5. The highest BCUT2D eigenvalue weighted by atomic mass is 32.1. The van der Waals surface area contributed by atoms with Crippen molar-refractivity contribution in [1.82, 2.24) is 9.88 Å². The van der Waals surface area contributed by atoms with Crippen LogP contribution in [0.5, 0.6) is 0 Å². The first kappa shape index (κ1) is 19.5. The molecule has 2 unspecified atom stereocenters. The van der Waals surface area contributed by atoms with E-state index in [2.05, 4.69) is 10.1 Å². The van der Waals surface area contributed by atoms with Crippen molar-refractivity contribution in [3.8, 4) is 0 Å². The number of thiazole rings is 1. The van der Waals surface area contributed by atoms with Gasteiger partial charge in [-0.1, -0.05) is 12.1 Å². The second kappa shape index (κ2) is 7.66. The van der Waals surface area contributed by atoms with Crippen LogP contribution >= 0.6 is 11.3 Å². The van der Waals surface area contributed by atoms with Crippen molar-refractivity contribution in [2.24, 2.45) is 11.0 Å². The van der Waals surface area contributed by atoms with Gasteiger partial charge < -0.3 is 0 Å². The molecule has 0 spiro atoms. The number of fused-ring (bicyclic) bond motifs is 1. The molecule has 0 bridgehead atoms. The topological polar surface area (TPSA) is 65.9 Å². The smallest absolute Gasteiger partial charge is 0.255 e. The highest BCUT2D eigenvalue weighted by Gasteiger charge is 2.57. The Bertz CT molecular complexity index is 1160. The minimum absolute atomic E-state index is 0.179. The zero-order valence-electron chi connectivity index (χ0n) is 16.1. The number of halogens is 2. The van der Waals surface area contributed by atoms with Gasteiger partial charge in [0.25, 0.3) is 5.91 Å². The van der Waals surface area contributed by atoms with Crippen molar-refractivity contribution in [3.05, 3.63) is 82.3 Å². The third-order valence-electron chi connectivity index (χ3n) is 5.42. The van der Waals surface area contributed by atoms with E-state index >= 15 is 0 Å². The molecule has 3 heterocycles. The van der Waals surface area contributed by atoms with Crippen LogP contribution in [-0.2, 0) is 16.0 Å². The Balaban J connectivity index is 1.46. The van der Waals surface area contributed by atoms with E-state index in [9.17, 15) is 18.4 Å². The number of carbonyl (C=O) groups excluding carboxylic acids is 2. The van der Waals surface area contributed by atoms with Crippen molar-refractivity contribution in [1.29, 1.82) is 0 Å². The summed E-state index contributed by atoms with van der Waals surface area (Å²) in [6, 6.07) is 10.7. The van der Waals surface area contributed by atoms with Crippen LogP contribution in [0, 0.1) is 17.6 Å². The number of hydrogen-bond donors (Lipinski definition) is 0. The van der Waals surface area contributed by atoms with Crippen LogP contribution in [-0.4, -0.2) is 40.0 Å². The highest BCUT2D eigenvalue weighted by molar-refractivity contribution is 7.11. The van der Waals surface area contributed by atoms with Crippen molar-refractivity contribution in [3.63, 3.8) is 0 Å². The Labute approximate surface area is 180 Å². The van der Waals surface area contributed by atoms with Gasteiger partial charge in [0.1, 0.15) is 34.3 Å². The Morgan fingerprint density at radius 1 is 0.935 bits per heavy atom. The maximum Gasteiger partial charge on any atom is 0.255 e. The predicted molar refractivity (Wildman–Crippen MR) is 112 cm³/mol. The molecule has 2 aliphatic rings. The Morgan fingerprint density at radius 2 is 1.61 bits per heavy atom. The summed E-state index contributed by atoms with van der Waals surface area (Å²) in [6.07, 6.45) is 2.03. The third kappa shape index (κ3) is 3.40. The number of benzene rings is 2. The average molecular weight is 438 g/mol. The monoisotopic (exact) mass is 438 g/mol. The molecule has 0 aliphatic carbocycles. The minimum Gasteiger partial charge on any atom is -0.280 e. The molecule has 2 aliphatic heterocycles. The van der Waals surface area contributed by atoms with Crippen molar-refractivity contribution >= 4 is 34.6 Å². The Kier molecular flexibility index (Phi) is 4.82. The van der Waals surface area contributed by atoms with Gasteiger partial charge in [0.15, 0.2) is 0 Å². The number of anilines is 1. The van der Waals surface area contributed by atoms with E-state index in [0.29, 0.717) is 22.8 Å². The zero-order valence-corrected chi connectivity index (χ0v) is 16.9. The molecule has 6 nitrogen and oxygen atoms in total. The lowest BCUT2D eigenvalue weighted by molar-refractivity contribution is -0.139. The number of aromatic nitrogens is 1. The molecule has 31 heavy (non-hydrogen) atoms.